The molecule has 3 heteroatoms. The molecule has 3 nitrogen and oxygen atoms in total. The van der Waals surface area contributed by atoms with E-state index < -0.39 is 0 Å². The van der Waals surface area contributed by atoms with Gasteiger partial charge in [-0.2, -0.15) is 0 Å². The number of carbonyl (C=O) groups excluding carboxylic acids is 1. The lowest BCUT2D eigenvalue weighted by Crippen LogP contribution is -2.44. The average Bonchev–Trinajstić information content (AvgIpc) is 3.03. The maximum Gasteiger partial charge on any atom is 0.237 e. The molecule has 1 saturated carbocycles. The molecule has 0 aromatic carbocycles. The van der Waals surface area contributed by atoms with E-state index >= 15 is 0 Å². The summed E-state index contributed by atoms with van der Waals surface area (Å²) < 4.78 is 0. The van der Waals surface area contributed by atoms with Gasteiger partial charge in [0.05, 0.1) is 12.6 Å². The minimum atomic E-state index is -0.151. The summed E-state index contributed by atoms with van der Waals surface area (Å²) in [5.41, 5.74) is 0.473. The van der Waals surface area contributed by atoms with Crippen LogP contribution < -0.4 is 10.6 Å². The van der Waals surface area contributed by atoms with Crippen molar-refractivity contribution in [2.45, 2.75) is 39.2 Å². The molecule has 0 saturated heterocycles. The van der Waals surface area contributed by atoms with Crippen molar-refractivity contribution in [3.05, 3.63) is 0 Å². The predicted octanol–water partition coefficient (Wildman–Crippen LogP) is 0.904. The maximum atomic E-state index is 11.5. The van der Waals surface area contributed by atoms with Gasteiger partial charge in [0.2, 0.25) is 5.91 Å². The van der Waals surface area contributed by atoms with Crippen LogP contribution in [0.25, 0.3) is 0 Å². The Labute approximate surface area is 92.0 Å². The van der Waals surface area contributed by atoms with Gasteiger partial charge in [0, 0.05) is 6.54 Å². The molecule has 1 rings (SSSR count). The Kier molecular flexibility index (Phi) is 4.16. The molecular weight excluding hydrogens is 188 g/mol. The van der Waals surface area contributed by atoms with E-state index in [2.05, 4.69) is 23.5 Å². The SMILES string of the molecule is C#CCNC(=O)C(C)NCC1(CC)CC1. The Hall–Kier alpha value is -1.01. The Morgan fingerprint density at radius 1 is 1.60 bits per heavy atom. The third kappa shape index (κ3) is 3.56. The van der Waals surface area contributed by atoms with Crippen LogP contribution in [-0.2, 0) is 4.79 Å². The highest BCUT2D eigenvalue weighted by molar-refractivity contribution is 5.81. The molecular formula is C12H20N2O. The molecule has 15 heavy (non-hydrogen) atoms. The summed E-state index contributed by atoms with van der Waals surface area (Å²) >= 11 is 0. The van der Waals surface area contributed by atoms with Gasteiger partial charge in [-0.15, -0.1) is 6.42 Å². The third-order valence-corrected chi connectivity index (χ3v) is 3.25. The van der Waals surface area contributed by atoms with E-state index in [4.69, 9.17) is 6.42 Å². The highest BCUT2D eigenvalue weighted by atomic mass is 16.2. The summed E-state index contributed by atoms with van der Waals surface area (Å²) in [6.45, 7) is 5.33. The zero-order valence-corrected chi connectivity index (χ0v) is 9.60. The number of amides is 1. The molecule has 1 amide bonds. The van der Waals surface area contributed by atoms with Gasteiger partial charge >= 0.3 is 0 Å². The van der Waals surface area contributed by atoms with Gasteiger partial charge in [-0.25, -0.2) is 0 Å². The van der Waals surface area contributed by atoms with E-state index in [1.165, 1.54) is 19.3 Å². The van der Waals surface area contributed by atoms with Gasteiger partial charge in [0.25, 0.3) is 0 Å². The second-order valence-corrected chi connectivity index (χ2v) is 4.38. The van der Waals surface area contributed by atoms with Crippen LogP contribution in [0.5, 0.6) is 0 Å². The van der Waals surface area contributed by atoms with Crippen LogP contribution in [0.3, 0.4) is 0 Å². The summed E-state index contributed by atoms with van der Waals surface area (Å²) in [5, 5.41) is 5.93. The number of hydrogen-bond acceptors (Lipinski definition) is 2. The zero-order valence-electron chi connectivity index (χ0n) is 9.60. The second kappa shape index (κ2) is 5.18. The van der Waals surface area contributed by atoms with Gasteiger partial charge in [-0.1, -0.05) is 12.8 Å². The van der Waals surface area contributed by atoms with E-state index in [1.54, 1.807) is 0 Å². The molecule has 1 atom stereocenters. The normalized spacial score (nSPS) is 19.0. The van der Waals surface area contributed by atoms with E-state index in [0.717, 1.165) is 6.54 Å². The van der Waals surface area contributed by atoms with Gasteiger partial charge in [0.15, 0.2) is 0 Å². The summed E-state index contributed by atoms with van der Waals surface area (Å²) in [5.74, 6) is 2.38. The summed E-state index contributed by atoms with van der Waals surface area (Å²) in [7, 11) is 0. The Balaban J connectivity index is 2.21. The molecule has 84 valence electrons. The van der Waals surface area contributed by atoms with Gasteiger partial charge in [0.1, 0.15) is 0 Å². The summed E-state index contributed by atoms with van der Waals surface area (Å²) in [4.78, 5) is 11.5. The lowest BCUT2D eigenvalue weighted by atomic mass is 10.0. The number of carbonyl (C=O) groups is 1. The highest BCUT2D eigenvalue weighted by Crippen LogP contribution is 2.47. The summed E-state index contributed by atoms with van der Waals surface area (Å²) in [6.07, 6.45) is 8.83. The standard InChI is InChI=1S/C12H20N2O/c1-4-8-13-11(15)10(3)14-9-12(5-2)6-7-12/h1,10,14H,5-9H2,2-3H3,(H,13,15). The molecule has 1 aliphatic rings. The third-order valence-electron chi connectivity index (χ3n) is 3.25. The van der Waals surface area contributed by atoms with Crippen LogP contribution in [0, 0.1) is 17.8 Å². The fraction of sp³-hybridized carbons (Fsp3) is 0.750. The molecule has 0 aliphatic heterocycles. The van der Waals surface area contributed by atoms with Gasteiger partial charge in [-0.3, -0.25) is 4.79 Å². The van der Waals surface area contributed by atoms with Crippen LogP contribution in [0.1, 0.15) is 33.1 Å². The first kappa shape index (κ1) is 12.1. The minimum absolute atomic E-state index is 0.0140. The van der Waals surface area contributed by atoms with Crippen molar-refractivity contribution in [1.29, 1.82) is 0 Å². The van der Waals surface area contributed by atoms with Crippen molar-refractivity contribution >= 4 is 5.91 Å². The highest BCUT2D eigenvalue weighted by Gasteiger charge is 2.40. The first-order chi connectivity index (χ1) is 7.13. The molecule has 1 fully saturated rings. The first-order valence-corrected chi connectivity index (χ1v) is 5.58. The average molecular weight is 208 g/mol. The van der Waals surface area contributed by atoms with E-state index in [0.29, 0.717) is 12.0 Å². The monoisotopic (exact) mass is 208 g/mol. The molecule has 1 unspecified atom stereocenters. The predicted molar refractivity (Wildman–Crippen MR) is 61.3 cm³/mol. The molecule has 1 aliphatic carbocycles. The van der Waals surface area contributed by atoms with Crippen molar-refractivity contribution in [3.8, 4) is 12.3 Å². The van der Waals surface area contributed by atoms with Crippen molar-refractivity contribution in [3.63, 3.8) is 0 Å². The Morgan fingerprint density at radius 2 is 2.27 bits per heavy atom. The lowest BCUT2D eigenvalue weighted by Gasteiger charge is -2.18. The minimum Gasteiger partial charge on any atom is -0.344 e. The number of nitrogens with one attached hydrogen (secondary N) is 2. The van der Waals surface area contributed by atoms with Crippen molar-refractivity contribution in [1.82, 2.24) is 10.6 Å². The van der Waals surface area contributed by atoms with Gasteiger partial charge < -0.3 is 10.6 Å². The molecule has 0 heterocycles. The maximum absolute atomic E-state index is 11.5. The fourth-order valence-corrected chi connectivity index (χ4v) is 1.59. The second-order valence-electron chi connectivity index (χ2n) is 4.38. The number of hydrogen-bond donors (Lipinski definition) is 2. The largest absolute Gasteiger partial charge is 0.344 e. The Morgan fingerprint density at radius 3 is 2.73 bits per heavy atom. The first-order valence-electron chi connectivity index (χ1n) is 5.58. The van der Waals surface area contributed by atoms with Crippen LogP contribution in [0.2, 0.25) is 0 Å². The molecule has 2 N–H and O–H groups in total. The molecule has 0 aromatic rings. The molecule has 0 aromatic heterocycles. The van der Waals surface area contributed by atoms with E-state index in [1.807, 2.05) is 6.92 Å². The fourth-order valence-electron chi connectivity index (χ4n) is 1.59. The van der Waals surface area contributed by atoms with Crippen LogP contribution >= 0.6 is 0 Å². The summed E-state index contributed by atoms with van der Waals surface area (Å²) in [6, 6.07) is -0.151. The molecule has 0 radical (unpaired) electrons. The number of rotatable bonds is 6. The van der Waals surface area contributed by atoms with E-state index in [9.17, 15) is 4.79 Å². The Bertz CT molecular complexity index is 263. The number of terminal acetylenes is 1. The van der Waals surface area contributed by atoms with Gasteiger partial charge in [-0.05, 0) is 31.6 Å². The lowest BCUT2D eigenvalue weighted by molar-refractivity contribution is -0.122. The smallest absolute Gasteiger partial charge is 0.237 e. The van der Waals surface area contributed by atoms with Crippen LogP contribution in [0.15, 0.2) is 0 Å². The molecule has 0 bridgehead atoms. The zero-order chi connectivity index (χ0) is 11.3. The van der Waals surface area contributed by atoms with Crippen molar-refractivity contribution in [2.24, 2.45) is 5.41 Å². The van der Waals surface area contributed by atoms with Crippen molar-refractivity contribution < 1.29 is 4.79 Å². The van der Waals surface area contributed by atoms with Crippen LogP contribution in [0.4, 0.5) is 0 Å². The van der Waals surface area contributed by atoms with Crippen LogP contribution in [-0.4, -0.2) is 25.0 Å². The quantitative estimate of drug-likeness (QED) is 0.637. The van der Waals surface area contributed by atoms with Crippen molar-refractivity contribution in [2.75, 3.05) is 13.1 Å². The topological polar surface area (TPSA) is 41.1 Å². The molecule has 0 spiro atoms. The van der Waals surface area contributed by atoms with E-state index in [-0.39, 0.29) is 11.9 Å².